The molecule has 21 heavy (non-hydrogen) atoms. The number of hydrogen-bond acceptors (Lipinski definition) is 3. The van der Waals surface area contributed by atoms with Crippen molar-refractivity contribution in [3.8, 4) is 0 Å². The third kappa shape index (κ3) is 3.11. The van der Waals surface area contributed by atoms with E-state index in [1.165, 1.54) is 16.4 Å². The van der Waals surface area contributed by atoms with E-state index in [1.807, 2.05) is 0 Å². The van der Waals surface area contributed by atoms with Gasteiger partial charge in [-0.15, -0.1) is 6.58 Å². The van der Waals surface area contributed by atoms with Crippen molar-refractivity contribution >= 4 is 15.7 Å². The smallest absolute Gasteiger partial charge is 0.243 e. The lowest BCUT2D eigenvalue weighted by Crippen LogP contribution is -2.39. The Kier molecular flexibility index (Phi) is 4.68. The van der Waals surface area contributed by atoms with Gasteiger partial charge in [-0.2, -0.15) is 4.31 Å². The van der Waals surface area contributed by atoms with Crippen LogP contribution in [0.3, 0.4) is 0 Å². The third-order valence-corrected chi connectivity index (χ3v) is 5.98. The van der Waals surface area contributed by atoms with Crippen molar-refractivity contribution in [2.24, 2.45) is 0 Å². The van der Waals surface area contributed by atoms with Gasteiger partial charge in [-0.1, -0.05) is 18.9 Å². The van der Waals surface area contributed by atoms with E-state index in [0.717, 1.165) is 25.7 Å². The highest BCUT2D eigenvalue weighted by Crippen LogP contribution is 2.31. The summed E-state index contributed by atoms with van der Waals surface area (Å²) in [7, 11) is -3.70. The van der Waals surface area contributed by atoms with E-state index in [0.29, 0.717) is 5.56 Å². The molecule has 2 N–H and O–H groups in total. The zero-order valence-corrected chi connectivity index (χ0v) is 13.0. The molecule has 0 spiro atoms. The Morgan fingerprint density at radius 2 is 2.05 bits per heavy atom. The molecule has 1 aliphatic carbocycles. The van der Waals surface area contributed by atoms with Crippen LogP contribution in [0.4, 0.5) is 10.1 Å². The fourth-order valence-corrected chi connectivity index (χ4v) is 4.74. The standard InChI is InChI=1S/C15H21FN2O2S/c1-3-8-18(12-6-4-5-7-12)21(19,20)15-10-14(17)13(16)9-11(15)2/h3,9-10,12H,1,4-8,17H2,2H3. The molecule has 0 amide bonds. The molecular formula is C15H21FN2O2S. The Balaban J connectivity index is 2.47. The molecule has 0 unspecified atom stereocenters. The summed E-state index contributed by atoms with van der Waals surface area (Å²) in [6.45, 7) is 5.48. The van der Waals surface area contributed by atoms with Gasteiger partial charge in [0, 0.05) is 12.6 Å². The van der Waals surface area contributed by atoms with Crippen molar-refractivity contribution < 1.29 is 12.8 Å². The van der Waals surface area contributed by atoms with Crippen LogP contribution in [-0.4, -0.2) is 25.3 Å². The first kappa shape index (κ1) is 16.0. The molecule has 1 fully saturated rings. The first-order valence-electron chi connectivity index (χ1n) is 7.06. The molecule has 1 aliphatic rings. The monoisotopic (exact) mass is 312 g/mol. The van der Waals surface area contributed by atoms with E-state index in [9.17, 15) is 12.8 Å². The van der Waals surface area contributed by atoms with E-state index in [1.54, 1.807) is 13.0 Å². The SMILES string of the molecule is C=CCN(C1CCCC1)S(=O)(=O)c1cc(N)c(F)cc1C. The van der Waals surface area contributed by atoms with Gasteiger partial charge >= 0.3 is 0 Å². The van der Waals surface area contributed by atoms with Crippen molar-refractivity contribution in [1.82, 2.24) is 4.31 Å². The Labute approximate surface area is 125 Å². The number of nitrogens with two attached hydrogens (primary N) is 1. The summed E-state index contributed by atoms with van der Waals surface area (Å²) in [4.78, 5) is 0.0788. The lowest BCUT2D eigenvalue weighted by molar-refractivity contribution is 0.347. The van der Waals surface area contributed by atoms with Crippen molar-refractivity contribution in [2.75, 3.05) is 12.3 Å². The number of nitrogens with zero attached hydrogens (tertiary/aromatic N) is 1. The topological polar surface area (TPSA) is 63.4 Å². The lowest BCUT2D eigenvalue weighted by atomic mass is 10.2. The highest BCUT2D eigenvalue weighted by atomic mass is 32.2. The second-order valence-corrected chi connectivity index (χ2v) is 7.30. The second kappa shape index (κ2) is 6.15. The van der Waals surface area contributed by atoms with Gasteiger partial charge in [0.2, 0.25) is 10.0 Å². The second-order valence-electron chi connectivity index (χ2n) is 5.44. The summed E-state index contributed by atoms with van der Waals surface area (Å²) in [5, 5.41) is 0. The van der Waals surface area contributed by atoms with Crippen LogP contribution in [0.15, 0.2) is 29.7 Å². The predicted octanol–water partition coefficient (Wildman–Crippen LogP) is 2.84. The highest BCUT2D eigenvalue weighted by molar-refractivity contribution is 7.89. The zero-order chi connectivity index (χ0) is 15.6. The van der Waals surface area contributed by atoms with Gasteiger partial charge in [0.25, 0.3) is 0 Å². The largest absolute Gasteiger partial charge is 0.396 e. The summed E-state index contributed by atoms with van der Waals surface area (Å²) < 4.78 is 40.7. The molecule has 1 saturated carbocycles. The van der Waals surface area contributed by atoms with Crippen molar-refractivity contribution in [2.45, 2.75) is 43.5 Å². The zero-order valence-electron chi connectivity index (χ0n) is 12.2. The fraction of sp³-hybridized carbons (Fsp3) is 0.467. The summed E-state index contributed by atoms with van der Waals surface area (Å²) in [6, 6.07) is 2.37. The fourth-order valence-electron chi connectivity index (χ4n) is 2.84. The number of benzene rings is 1. The van der Waals surface area contributed by atoms with Gasteiger partial charge in [-0.25, -0.2) is 12.8 Å². The minimum absolute atomic E-state index is 0.0151. The number of aryl methyl sites for hydroxylation is 1. The predicted molar refractivity (Wildman–Crippen MR) is 81.9 cm³/mol. The molecule has 0 saturated heterocycles. The first-order chi connectivity index (χ1) is 9.87. The average molecular weight is 312 g/mol. The number of halogens is 1. The Morgan fingerprint density at radius 1 is 1.43 bits per heavy atom. The molecule has 0 aromatic heterocycles. The minimum atomic E-state index is -3.70. The molecule has 0 heterocycles. The van der Waals surface area contributed by atoms with Crippen LogP contribution >= 0.6 is 0 Å². The molecule has 116 valence electrons. The molecule has 0 aliphatic heterocycles. The number of rotatable bonds is 5. The number of nitrogen functional groups attached to an aromatic ring is 1. The maximum Gasteiger partial charge on any atom is 0.243 e. The first-order valence-corrected chi connectivity index (χ1v) is 8.50. The van der Waals surface area contributed by atoms with E-state index in [2.05, 4.69) is 6.58 Å². The number of anilines is 1. The van der Waals surface area contributed by atoms with Crippen molar-refractivity contribution in [3.05, 3.63) is 36.2 Å². The quantitative estimate of drug-likeness (QED) is 0.671. The molecular weight excluding hydrogens is 291 g/mol. The lowest BCUT2D eigenvalue weighted by Gasteiger charge is -2.27. The van der Waals surface area contributed by atoms with Crippen LogP contribution in [0, 0.1) is 12.7 Å². The van der Waals surface area contributed by atoms with Crippen molar-refractivity contribution in [3.63, 3.8) is 0 Å². The average Bonchev–Trinajstić information content (AvgIpc) is 2.93. The van der Waals surface area contributed by atoms with Gasteiger partial charge in [0.1, 0.15) is 5.82 Å². The maximum atomic E-state index is 13.4. The summed E-state index contributed by atoms with van der Waals surface area (Å²) in [5.74, 6) is -0.595. The van der Waals surface area contributed by atoms with Crippen LogP contribution < -0.4 is 5.73 Å². The normalized spacial score (nSPS) is 16.5. The molecule has 2 rings (SSSR count). The van der Waals surface area contributed by atoms with E-state index in [4.69, 9.17) is 5.73 Å². The van der Waals surface area contributed by atoms with Crippen LogP contribution in [0.2, 0.25) is 0 Å². The van der Waals surface area contributed by atoms with E-state index >= 15 is 0 Å². The molecule has 4 nitrogen and oxygen atoms in total. The molecule has 0 atom stereocenters. The molecule has 0 radical (unpaired) electrons. The van der Waals surface area contributed by atoms with Gasteiger partial charge in [0.15, 0.2) is 0 Å². The highest BCUT2D eigenvalue weighted by Gasteiger charge is 2.33. The van der Waals surface area contributed by atoms with Crippen LogP contribution in [0.1, 0.15) is 31.2 Å². The number of hydrogen-bond donors (Lipinski definition) is 1. The Morgan fingerprint density at radius 3 is 2.62 bits per heavy atom. The maximum absolute atomic E-state index is 13.4. The van der Waals surface area contributed by atoms with Gasteiger partial charge in [-0.3, -0.25) is 0 Å². The van der Waals surface area contributed by atoms with Crippen LogP contribution in [-0.2, 0) is 10.0 Å². The van der Waals surface area contributed by atoms with Crippen LogP contribution in [0.5, 0.6) is 0 Å². The Hall–Kier alpha value is -1.40. The third-order valence-electron chi connectivity index (χ3n) is 3.92. The van der Waals surface area contributed by atoms with Gasteiger partial charge < -0.3 is 5.73 Å². The van der Waals surface area contributed by atoms with Crippen molar-refractivity contribution in [1.29, 1.82) is 0 Å². The van der Waals surface area contributed by atoms with Gasteiger partial charge in [-0.05, 0) is 37.5 Å². The van der Waals surface area contributed by atoms with Gasteiger partial charge in [0.05, 0.1) is 10.6 Å². The summed E-state index contributed by atoms with van der Waals surface area (Å²) in [6.07, 6.45) is 5.33. The van der Waals surface area contributed by atoms with E-state index in [-0.39, 0.29) is 23.2 Å². The van der Waals surface area contributed by atoms with E-state index < -0.39 is 15.8 Å². The Bertz CT molecular complexity index is 637. The molecule has 0 bridgehead atoms. The summed E-state index contributed by atoms with van der Waals surface area (Å²) >= 11 is 0. The minimum Gasteiger partial charge on any atom is -0.396 e. The number of sulfonamides is 1. The molecule has 1 aromatic rings. The van der Waals surface area contributed by atoms with Crippen LogP contribution in [0.25, 0.3) is 0 Å². The molecule has 1 aromatic carbocycles. The molecule has 6 heteroatoms. The summed E-state index contributed by atoms with van der Waals surface area (Å²) in [5.41, 5.74) is 5.76.